The number of ether oxygens (including phenoxy) is 3. The number of rotatable bonds is 7. The van der Waals surface area contributed by atoms with E-state index in [1.54, 1.807) is 23.5 Å². The molecule has 5 rings (SSSR count). The minimum absolute atomic E-state index is 0.0132. The highest BCUT2D eigenvalue weighted by Crippen LogP contribution is 2.34. The Morgan fingerprint density at radius 1 is 1.24 bits per heavy atom. The molecule has 2 aliphatic rings. The molecular weight excluding hydrogens is 458 g/mol. The second kappa shape index (κ2) is 9.46. The number of amides is 1. The quantitative estimate of drug-likeness (QED) is 0.496. The van der Waals surface area contributed by atoms with E-state index in [1.807, 2.05) is 6.07 Å². The number of benzene rings is 1. The van der Waals surface area contributed by atoms with Crippen LogP contribution in [-0.4, -0.2) is 34.7 Å². The third kappa shape index (κ3) is 4.63. The molecule has 1 amide bonds. The second-order valence-electron chi connectivity index (χ2n) is 8.44. The Hall–Kier alpha value is -3.40. The van der Waals surface area contributed by atoms with Crippen molar-refractivity contribution in [3.8, 4) is 11.5 Å². The summed E-state index contributed by atoms with van der Waals surface area (Å²) in [5, 5.41) is 3.44. The zero-order chi connectivity index (χ0) is 23.7. The predicted molar refractivity (Wildman–Crippen MR) is 125 cm³/mol. The van der Waals surface area contributed by atoms with E-state index in [9.17, 15) is 14.4 Å². The lowest BCUT2D eigenvalue weighted by molar-refractivity contribution is -0.154. The van der Waals surface area contributed by atoms with Crippen LogP contribution in [0.25, 0.3) is 10.2 Å². The maximum atomic E-state index is 12.6. The number of esters is 1. The van der Waals surface area contributed by atoms with Crippen LogP contribution < -0.4 is 20.3 Å². The van der Waals surface area contributed by atoms with Gasteiger partial charge in [-0.05, 0) is 55.9 Å². The van der Waals surface area contributed by atoms with Gasteiger partial charge in [-0.1, -0.05) is 6.07 Å². The fraction of sp³-hybridized carbons (Fsp3) is 0.417. The van der Waals surface area contributed by atoms with Crippen molar-refractivity contribution in [3.63, 3.8) is 0 Å². The lowest BCUT2D eigenvalue weighted by atomic mass is 9.97. The summed E-state index contributed by atoms with van der Waals surface area (Å²) < 4.78 is 15.9. The molecule has 1 aliphatic heterocycles. The summed E-state index contributed by atoms with van der Waals surface area (Å²) in [5.74, 6) is 0.833. The van der Waals surface area contributed by atoms with Crippen molar-refractivity contribution in [2.24, 2.45) is 0 Å². The van der Waals surface area contributed by atoms with E-state index in [0.717, 1.165) is 41.6 Å². The van der Waals surface area contributed by atoms with Crippen LogP contribution >= 0.6 is 11.3 Å². The largest absolute Gasteiger partial charge is 0.454 e. The fourth-order valence-corrected chi connectivity index (χ4v) is 5.52. The monoisotopic (exact) mass is 483 g/mol. The van der Waals surface area contributed by atoms with Crippen LogP contribution in [0, 0.1) is 0 Å². The normalized spacial score (nSPS) is 15.1. The molecule has 178 valence electrons. The molecule has 0 bridgehead atoms. The summed E-state index contributed by atoms with van der Waals surface area (Å²) in [6.07, 6.45) is 3.44. The number of carbonyl (C=O) groups is 2. The average molecular weight is 484 g/mol. The van der Waals surface area contributed by atoms with Gasteiger partial charge in [0.05, 0.1) is 11.8 Å². The number of aryl methyl sites for hydroxylation is 3. The zero-order valence-corrected chi connectivity index (χ0v) is 19.6. The van der Waals surface area contributed by atoms with Gasteiger partial charge in [-0.15, -0.1) is 11.3 Å². The smallest absolute Gasteiger partial charge is 0.307 e. The molecule has 10 heteroatoms. The molecular formula is C24H25N3O6S. The van der Waals surface area contributed by atoms with Gasteiger partial charge in [0.25, 0.3) is 11.5 Å². The number of carbonyl (C=O) groups excluding carboxylic acids is 2. The fourth-order valence-electron chi connectivity index (χ4n) is 4.24. The molecule has 34 heavy (non-hydrogen) atoms. The predicted octanol–water partition coefficient (Wildman–Crippen LogP) is 2.77. The third-order valence-corrected chi connectivity index (χ3v) is 7.21. The summed E-state index contributed by atoms with van der Waals surface area (Å²) in [5.41, 5.74) is 1.83. The first-order chi connectivity index (χ1) is 16.5. The van der Waals surface area contributed by atoms with Crippen LogP contribution in [-0.2, 0) is 40.1 Å². The zero-order valence-electron chi connectivity index (χ0n) is 18.8. The van der Waals surface area contributed by atoms with E-state index >= 15 is 0 Å². The lowest BCUT2D eigenvalue weighted by Gasteiger charge is -2.13. The third-order valence-electron chi connectivity index (χ3n) is 6.02. The van der Waals surface area contributed by atoms with Crippen molar-refractivity contribution in [2.45, 2.75) is 58.1 Å². The standard InChI is InChI=1S/C24H25N3O6S/c1-13(22(29)25-11-14-6-7-16-17(10-14)32-12-31-16)33-20(28)9-8-19-26-23(30)21-15-4-2-3-5-18(15)34-24(21)27-19/h6-7,10,13H,2-5,8-9,11-12H2,1H3,(H,25,29)(H,26,27,30). The van der Waals surface area contributed by atoms with Crippen LogP contribution in [0.2, 0.25) is 0 Å². The Morgan fingerprint density at radius 3 is 2.94 bits per heavy atom. The van der Waals surface area contributed by atoms with Crippen LogP contribution in [0.3, 0.4) is 0 Å². The van der Waals surface area contributed by atoms with Crippen molar-refractivity contribution >= 4 is 33.4 Å². The number of hydrogen-bond acceptors (Lipinski definition) is 8. The molecule has 0 fully saturated rings. The first-order valence-corrected chi connectivity index (χ1v) is 12.2. The maximum absolute atomic E-state index is 12.6. The minimum Gasteiger partial charge on any atom is -0.454 e. The number of nitrogens with zero attached hydrogens (tertiary/aromatic N) is 1. The molecule has 3 aromatic rings. The highest BCUT2D eigenvalue weighted by Gasteiger charge is 2.21. The molecule has 3 heterocycles. The number of aromatic amines is 1. The van der Waals surface area contributed by atoms with E-state index < -0.39 is 18.0 Å². The first kappa shape index (κ1) is 22.4. The lowest BCUT2D eigenvalue weighted by Crippen LogP contribution is -2.35. The maximum Gasteiger partial charge on any atom is 0.307 e. The summed E-state index contributed by atoms with van der Waals surface area (Å²) >= 11 is 1.57. The van der Waals surface area contributed by atoms with Gasteiger partial charge in [-0.3, -0.25) is 14.4 Å². The SMILES string of the molecule is CC(OC(=O)CCc1nc2sc3c(c2c(=O)[nH]1)CCCC3)C(=O)NCc1ccc2c(c1)OCO2. The molecule has 0 radical (unpaired) electrons. The Kier molecular flexibility index (Phi) is 6.23. The number of aromatic nitrogens is 2. The van der Waals surface area contributed by atoms with Gasteiger partial charge >= 0.3 is 5.97 Å². The van der Waals surface area contributed by atoms with E-state index in [2.05, 4.69) is 15.3 Å². The number of H-pyrrole nitrogens is 1. The van der Waals surface area contributed by atoms with Gasteiger partial charge in [-0.25, -0.2) is 4.98 Å². The number of fused-ring (bicyclic) bond motifs is 4. The average Bonchev–Trinajstić information content (AvgIpc) is 3.45. The summed E-state index contributed by atoms with van der Waals surface area (Å²) in [7, 11) is 0. The van der Waals surface area contributed by atoms with Crippen molar-refractivity contribution in [2.75, 3.05) is 6.79 Å². The molecule has 2 aromatic heterocycles. The number of hydrogen-bond donors (Lipinski definition) is 2. The van der Waals surface area contributed by atoms with E-state index in [0.29, 0.717) is 22.7 Å². The molecule has 9 nitrogen and oxygen atoms in total. The first-order valence-electron chi connectivity index (χ1n) is 11.4. The van der Waals surface area contributed by atoms with Crippen molar-refractivity contribution in [1.82, 2.24) is 15.3 Å². The van der Waals surface area contributed by atoms with E-state index in [4.69, 9.17) is 14.2 Å². The topological polar surface area (TPSA) is 120 Å². The van der Waals surface area contributed by atoms with Gasteiger partial charge in [-0.2, -0.15) is 0 Å². The Balaban J connectivity index is 1.13. The van der Waals surface area contributed by atoms with Gasteiger partial charge in [0, 0.05) is 17.8 Å². The van der Waals surface area contributed by atoms with Gasteiger partial charge in [0.2, 0.25) is 6.79 Å². The summed E-state index contributed by atoms with van der Waals surface area (Å²) in [6, 6.07) is 5.42. The molecule has 1 aliphatic carbocycles. The number of nitrogens with one attached hydrogen (secondary N) is 2. The molecule has 2 N–H and O–H groups in total. The Labute approximate surface area is 199 Å². The van der Waals surface area contributed by atoms with Crippen molar-refractivity contribution in [3.05, 3.63) is 50.4 Å². The Bertz CT molecular complexity index is 1310. The van der Waals surface area contributed by atoms with Crippen LogP contribution in [0.5, 0.6) is 11.5 Å². The second-order valence-corrected chi connectivity index (χ2v) is 9.52. The molecule has 1 aromatic carbocycles. The molecule has 0 saturated heterocycles. The van der Waals surface area contributed by atoms with Crippen LogP contribution in [0.4, 0.5) is 0 Å². The highest BCUT2D eigenvalue weighted by atomic mass is 32.1. The van der Waals surface area contributed by atoms with Gasteiger partial charge < -0.3 is 24.5 Å². The summed E-state index contributed by atoms with van der Waals surface area (Å²) in [6.45, 7) is 1.98. The molecule has 1 unspecified atom stereocenters. The minimum atomic E-state index is -0.944. The van der Waals surface area contributed by atoms with Crippen LogP contribution in [0.15, 0.2) is 23.0 Å². The van der Waals surface area contributed by atoms with Crippen molar-refractivity contribution < 1.29 is 23.8 Å². The number of thiophene rings is 1. The van der Waals surface area contributed by atoms with E-state index in [1.165, 1.54) is 11.8 Å². The van der Waals surface area contributed by atoms with Crippen molar-refractivity contribution in [1.29, 1.82) is 0 Å². The Morgan fingerprint density at radius 2 is 2.06 bits per heavy atom. The molecule has 1 atom stereocenters. The van der Waals surface area contributed by atoms with Crippen LogP contribution in [0.1, 0.15) is 48.0 Å². The van der Waals surface area contributed by atoms with Gasteiger partial charge in [0.1, 0.15) is 10.7 Å². The van der Waals surface area contributed by atoms with E-state index in [-0.39, 0.29) is 31.7 Å². The van der Waals surface area contributed by atoms with Gasteiger partial charge in [0.15, 0.2) is 17.6 Å². The highest BCUT2D eigenvalue weighted by molar-refractivity contribution is 7.18. The molecule has 0 saturated carbocycles. The summed E-state index contributed by atoms with van der Waals surface area (Å²) in [4.78, 5) is 46.6. The molecule has 0 spiro atoms.